The van der Waals surface area contributed by atoms with Crippen molar-refractivity contribution in [1.29, 1.82) is 0 Å². The van der Waals surface area contributed by atoms with Crippen LogP contribution in [0.15, 0.2) is 0 Å². The number of nitrogens with one attached hydrogen (secondary N) is 1. The second-order valence-electron chi connectivity index (χ2n) is 5.58. The van der Waals surface area contributed by atoms with Crippen LogP contribution in [0.1, 0.15) is 49.2 Å². The second-order valence-corrected chi connectivity index (χ2v) is 8.69. The van der Waals surface area contributed by atoms with E-state index < -0.39 is 9.84 Å². The van der Waals surface area contributed by atoms with E-state index in [0.29, 0.717) is 5.92 Å². The maximum absolute atomic E-state index is 11.8. The van der Waals surface area contributed by atoms with E-state index >= 15 is 0 Å². The molecule has 1 fully saturated rings. The molecule has 1 aliphatic carbocycles. The summed E-state index contributed by atoms with van der Waals surface area (Å²) in [4.78, 5) is 1.18. The van der Waals surface area contributed by atoms with Crippen molar-refractivity contribution in [3.05, 3.63) is 10.6 Å². The van der Waals surface area contributed by atoms with Crippen LogP contribution >= 0.6 is 11.5 Å². The smallest absolute Gasteiger partial charge is 0.150 e. The van der Waals surface area contributed by atoms with Crippen molar-refractivity contribution in [1.82, 2.24) is 14.9 Å². The largest absolute Gasteiger partial charge is 0.312 e. The van der Waals surface area contributed by atoms with Crippen LogP contribution < -0.4 is 5.32 Å². The molecule has 0 aliphatic heterocycles. The summed E-state index contributed by atoms with van der Waals surface area (Å²) in [5.41, 5.74) is 1.04. The topological polar surface area (TPSA) is 72.0 Å². The first kappa shape index (κ1) is 15.9. The Morgan fingerprint density at radius 2 is 2.20 bits per heavy atom. The molecule has 0 amide bonds. The second kappa shape index (κ2) is 6.49. The average molecular weight is 317 g/mol. The van der Waals surface area contributed by atoms with Gasteiger partial charge in [0.05, 0.1) is 15.8 Å². The molecule has 0 radical (unpaired) electrons. The predicted octanol–water partition coefficient (Wildman–Crippen LogP) is 1.96. The van der Waals surface area contributed by atoms with Crippen molar-refractivity contribution < 1.29 is 8.42 Å². The van der Waals surface area contributed by atoms with Gasteiger partial charge >= 0.3 is 0 Å². The summed E-state index contributed by atoms with van der Waals surface area (Å²) in [6.45, 7) is 2.08. The molecule has 0 saturated heterocycles. The van der Waals surface area contributed by atoms with Crippen LogP contribution in [0.4, 0.5) is 0 Å². The molecule has 0 spiro atoms. The fourth-order valence-corrected chi connectivity index (χ4v) is 5.28. The third kappa shape index (κ3) is 3.38. The monoisotopic (exact) mass is 317 g/mol. The van der Waals surface area contributed by atoms with Crippen LogP contribution in [0, 0.1) is 5.92 Å². The first-order valence-corrected chi connectivity index (χ1v) is 9.87. The van der Waals surface area contributed by atoms with Crippen LogP contribution in [0.5, 0.6) is 0 Å². The van der Waals surface area contributed by atoms with E-state index in [1.165, 1.54) is 22.7 Å². The zero-order valence-corrected chi connectivity index (χ0v) is 13.9. The Bertz CT molecular complexity index is 542. The van der Waals surface area contributed by atoms with Crippen LogP contribution in [0.2, 0.25) is 0 Å². The summed E-state index contributed by atoms with van der Waals surface area (Å²) in [6, 6.07) is 0.175. The van der Waals surface area contributed by atoms with Gasteiger partial charge in [0.1, 0.15) is 9.84 Å². The van der Waals surface area contributed by atoms with E-state index in [1.807, 2.05) is 7.05 Å². The minimum atomic E-state index is -2.94. The fraction of sp³-hybridized carbons (Fsp3) is 0.846. The average Bonchev–Trinajstić information content (AvgIpc) is 2.87. The van der Waals surface area contributed by atoms with Gasteiger partial charge in [-0.1, -0.05) is 17.8 Å². The van der Waals surface area contributed by atoms with Gasteiger partial charge in [-0.2, -0.15) is 0 Å². The third-order valence-electron chi connectivity index (χ3n) is 4.26. The molecule has 1 aromatic heterocycles. The van der Waals surface area contributed by atoms with Gasteiger partial charge in [-0.05, 0) is 50.2 Å². The minimum Gasteiger partial charge on any atom is -0.312 e. The van der Waals surface area contributed by atoms with Crippen molar-refractivity contribution in [2.75, 3.05) is 13.3 Å². The van der Waals surface area contributed by atoms with Crippen LogP contribution in [0.3, 0.4) is 0 Å². The summed E-state index contributed by atoms with van der Waals surface area (Å²) in [6.07, 6.45) is 5.82. The quantitative estimate of drug-likeness (QED) is 0.899. The highest BCUT2D eigenvalue weighted by molar-refractivity contribution is 7.91. The molecule has 1 saturated carbocycles. The van der Waals surface area contributed by atoms with Crippen LogP contribution in [-0.2, 0) is 16.3 Å². The molecule has 1 heterocycles. The molecular weight excluding hydrogens is 294 g/mol. The highest BCUT2D eigenvalue weighted by atomic mass is 32.2. The molecule has 1 N–H and O–H groups in total. The fourth-order valence-electron chi connectivity index (χ4n) is 3.15. The lowest BCUT2D eigenvalue weighted by Gasteiger charge is -2.33. The number of hydrogen-bond acceptors (Lipinski definition) is 6. The molecule has 1 aromatic rings. The van der Waals surface area contributed by atoms with Gasteiger partial charge < -0.3 is 5.32 Å². The van der Waals surface area contributed by atoms with E-state index in [0.717, 1.165) is 37.8 Å². The molecule has 5 nitrogen and oxygen atoms in total. The van der Waals surface area contributed by atoms with Crippen molar-refractivity contribution in [2.24, 2.45) is 5.92 Å². The molecule has 3 atom stereocenters. The predicted molar refractivity (Wildman–Crippen MR) is 81.7 cm³/mol. The Morgan fingerprint density at radius 3 is 2.80 bits per heavy atom. The molecule has 7 heteroatoms. The molecule has 2 rings (SSSR count). The van der Waals surface area contributed by atoms with Crippen molar-refractivity contribution >= 4 is 21.4 Å². The van der Waals surface area contributed by atoms with E-state index in [4.69, 9.17) is 0 Å². The number of rotatable bonds is 5. The maximum Gasteiger partial charge on any atom is 0.150 e. The van der Waals surface area contributed by atoms with Gasteiger partial charge in [0.15, 0.2) is 0 Å². The molecule has 114 valence electrons. The van der Waals surface area contributed by atoms with Gasteiger partial charge in [0, 0.05) is 12.3 Å². The zero-order chi connectivity index (χ0) is 14.8. The SMILES string of the molecule is CCc1nnsc1C(NC)C1CCCC(S(C)(=O)=O)C1. The molecule has 0 bridgehead atoms. The van der Waals surface area contributed by atoms with E-state index in [1.54, 1.807) is 0 Å². The van der Waals surface area contributed by atoms with Crippen molar-refractivity contribution in [2.45, 2.75) is 50.3 Å². The molecule has 0 aromatic carbocycles. The standard InChI is InChI=1S/C13H23N3O2S2/c1-4-11-13(19-16-15-11)12(14-2)9-6-5-7-10(8-9)20(3,17)18/h9-10,12,14H,4-8H2,1-3H3. The van der Waals surface area contributed by atoms with Gasteiger partial charge in [0.25, 0.3) is 0 Å². The molecule has 20 heavy (non-hydrogen) atoms. The lowest BCUT2D eigenvalue weighted by molar-refractivity contribution is 0.284. The van der Waals surface area contributed by atoms with E-state index in [-0.39, 0.29) is 11.3 Å². The number of hydrogen-bond donors (Lipinski definition) is 1. The summed E-state index contributed by atoms with van der Waals surface area (Å²) in [7, 11) is -1.00. The van der Waals surface area contributed by atoms with E-state index in [2.05, 4.69) is 21.8 Å². The van der Waals surface area contributed by atoms with Crippen molar-refractivity contribution in [3.63, 3.8) is 0 Å². The van der Waals surface area contributed by atoms with Crippen molar-refractivity contribution in [3.8, 4) is 0 Å². The first-order valence-electron chi connectivity index (χ1n) is 7.14. The Hall–Kier alpha value is -0.530. The van der Waals surface area contributed by atoms with E-state index in [9.17, 15) is 8.42 Å². The summed E-state index contributed by atoms with van der Waals surface area (Å²) in [5.74, 6) is 0.348. The van der Waals surface area contributed by atoms with Gasteiger partial charge in [0.2, 0.25) is 0 Å². The highest BCUT2D eigenvalue weighted by Gasteiger charge is 2.34. The summed E-state index contributed by atoms with van der Waals surface area (Å²) in [5, 5.41) is 7.34. The highest BCUT2D eigenvalue weighted by Crippen LogP contribution is 2.38. The zero-order valence-electron chi connectivity index (χ0n) is 12.3. The summed E-state index contributed by atoms with van der Waals surface area (Å²) < 4.78 is 27.7. The maximum atomic E-state index is 11.8. The molecule has 3 unspecified atom stereocenters. The Morgan fingerprint density at radius 1 is 1.45 bits per heavy atom. The summed E-state index contributed by atoms with van der Waals surface area (Å²) >= 11 is 1.44. The Kier molecular flexibility index (Phi) is 5.14. The normalized spacial score (nSPS) is 25.6. The Labute approximate surface area is 125 Å². The minimum absolute atomic E-state index is 0.175. The lowest BCUT2D eigenvalue weighted by atomic mass is 9.82. The van der Waals surface area contributed by atoms with Crippen LogP contribution in [-0.4, -0.2) is 36.6 Å². The number of aromatic nitrogens is 2. The number of sulfone groups is 1. The third-order valence-corrected chi connectivity index (χ3v) is 6.75. The number of aryl methyl sites for hydroxylation is 1. The molecular formula is C13H23N3O2S2. The first-order chi connectivity index (χ1) is 9.47. The van der Waals surface area contributed by atoms with Gasteiger partial charge in [-0.15, -0.1) is 5.10 Å². The lowest BCUT2D eigenvalue weighted by Crippen LogP contribution is -2.34. The van der Waals surface area contributed by atoms with Gasteiger partial charge in [-0.3, -0.25) is 0 Å². The number of nitrogens with zero attached hydrogens (tertiary/aromatic N) is 2. The molecule has 1 aliphatic rings. The van der Waals surface area contributed by atoms with Crippen LogP contribution in [0.25, 0.3) is 0 Å². The Balaban J connectivity index is 2.19. The van der Waals surface area contributed by atoms with Gasteiger partial charge in [-0.25, -0.2) is 8.42 Å².